The zero-order chi connectivity index (χ0) is 14.7. The number of H-pyrrole nitrogens is 1. The van der Waals surface area contributed by atoms with Crippen molar-refractivity contribution in [1.82, 2.24) is 4.98 Å². The van der Waals surface area contributed by atoms with E-state index >= 15 is 0 Å². The van der Waals surface area contributed by atoms with Gasteiger partial charge in [-0.2, -0.15) is 0 Å². The quantitative estimate of drug-likeness (QED) is 0.704. The van der Waals surface area contributed by atoms with E-state index in [0.29, 0.717) is 6.04 Å². The second kappa shape index (κ2) is 4.45. The molecule has 0 spiro atoms. The highest BCUT2D eigenvalue weighted by Crippen LogP contribution is 2.40. The fourth-order valence-electron chi connectivity index (χ4n) is 3.81. The minimum absolute atomic E-state index is 0.171. The summed E-state index contributed by atoms with van der Waals surface area (Å²) in [4.78, 5) is 16.4. The molecule has 5 heteroatoms. The molecule has 0 saturated heterocycles. The molecule has 3 atom stereocenters. The molecule has 21 heavy (non-hydrogen) atoms. The number of benzene rings is 1. The molecule has 1 aromatic carbocycles. The fraction of sp³-hybridized carbons (Fsp3) is 0.312. The third-order valence-corrected chi connectivity index (χ3v) is 5.53. The lowest BCUT2D eigenvalue weighted by atomic mass is 9.80. The minimum atomic E-state index is -0.228. The molecule has 0 radical (unpaired) electrons. The van der Waals surface area contributed by atoms with Crippen LogP contribution in [0.2, 0.25) is 0 Å². The molecule has 4 N–H and O–H groups in total. The second-order valence-electron chi connectivity index (χ2n) is 6.08. The number of likely N-dealkylation sites (N-methyl/N-ethyl adjacent to an activating group) is 1. The number of nitrogens with one attached hydrogen (secondary N) is 2. The Labute approximate surface area is 131 Å². The van der Waals surface area contributed by atoms with Gasteiger partial charge in [0.25, 0.3) is 0 Å². The monoisotopic (exact) mass is 346 g/mol. The van der Waals surface area contributed by atoms with Gasteiger partial charge < -0.3 is 15.6 Å². The predicted molar refractivity (Wildman–Crippen MR) is 85.9 cm³/mol. The summed E-state index contributed by atoms with van der Waals surface area (Å²) >= 11 is 3.65. The molecule has 0 fully saturated rings. The summed E-state index contributed by atoms with van der Waals surface area (Å²) in [7, 11) is 2.15. The molecule has 1 aromatic heterocycles. The van der Waals surface area contributed by atoms with Crippen LogP contribution >= 0.6 is 15.9 Å². The number of fused-ring (bicyclic) bond motifs is 2. The highest BCUT2D eigenvalue weighted by atomic mass is 79.9. The van der Waals surface area contributed by atoms with Gasteiger partial charge in [0.15, 0.2) is 0 Å². The number of carbonyl (C=O) groups is 1. The van der Waals surface area contributed by atoms with Crippen LogP contribution in [0, 0.1) is 5.92 Å². The first-order chi connectivity index (χ1) is 10.1. The standard InChI is InChI=1S/C16H16BrN3O/c1-20-7-8(16(18)21)5-10-9-3-2-4-12-14(9)11(6-13(10)20)15(17)19-12/h2-5,8,13,19H,6-7H2,1H3,(H2,18,21)/p+1/t8-,13-/m1/s1. The van der Waals surface area contributed by atoms with Crippen molar-refractivity contribution in [2.45, 2.75) is 12.5 Å². The van der Waals surface area contributed by atoms with Gasteiger partial charge in [0, 0.05) is 22.9 Å². The topological polar surface area (TPSA) is 63.3 Å². The van der Waals surface area contributed by atoms with Crippen LogP contribution < -0.4 is 10.6 Å². The molecule has 2 aromatic rings. The molecule has 0 saturated carbocycles. The lowest BCUT2D eigenvalue weighted by Crippen LogP contribution is -3.15. The zero-order valence-corrected chi connectivity index (χ0v) is 13.3. The number of amides is 1. The number of aromatic nitrogens is 1. The van der Waals surface area contributed by atoms with Crippen molar-refractivity contribution in [2.24, 2.45) is 11.7 Å². The van der Waals surface area contributed by atoms with Gasteiger partial charge in [-0.25, -0.2) is 0 Å². The number of halogens is 1. The number of primary amides is 1. The van der Waals surface area contributed by atoms with Crippen LogP contribution in [0.5, 0.6) is 0 Å². The number of aromatic amines is 1. The summed E-state index contributed by atoms with van der Waals surface area (Å²) in [6.45, 7) is 0.775. The van der Waals surface area contributed by atoms with Gasteiger partial charge in [-0.1, -0.05) is 18.2 Å². The smallest absolute Gasteiger partial charge is 0.230 e. The Morgan fingerprint density at radius 2 is 2.29 bits per heavy atom. The molecule has 2 aliphatic rings. The van der Waals surface area contributed by atoms with Crippen molar-refractivity contribution in [3.8, 4) is 0 Å². The van der Waals surface area contributed by atoms with E-state index < -0.39 is 0 Å². The van der Waals surface area contributed by atoms with Crippen molar-refractivity contribution in [3.63, 3.8) is 0 Å². The average Bonchev–Trinajstić information content (AvgIpc) is 2.77. The van der Waals surface area contributed by atoms with E-state index in [-0.39, 0.29) is 11.8 Å². The highest BCUT2D eigenvalue weighted by molar-refractivity contribution is 9.10. The maximum atomic E-state index is 11.6. The summed E-state index contributed by atoms with van der Waals surface area (Å²) in [6, 6.07) is 6.71. The number of hydrogen-bond donors (Lipinski definition) is 3. The van der Waals surface area contributed by atoms with Gasteiger partial charge in [0.2, 0.25) is 5.91 Å². The fourth-order valence-corrected chi connectivity index (χ4v) is 4.39. The predicted octanol–water partition coefficient (Wildman–Crippen LogP) is 0.868. The number of nitrogens with two attached hydrogens (primary N) is 1. The van der Waals surface area contributed by atoms with Gasteiger partial charge in [-0.3, -0.25) is 4.79 Å². The Balaban J connectivity index is 1.99. The Kier molecular flexibility index (Phi) is 2.78. The van der Waals surface area contributed by atoms with E-state index in [1.807, 2.05) is 0 Å². The Morgan fingerprint density at radius 1 is 1.48 bits per heavy atom. The average molecular weight is 347 g/mol. The van der Waals surface area contributed by atoms with E-state index in [2.05, 4.69) is 52.2 Å². The molecule has 2 heterocycles. The SMILES string of the molecule is C[NH+]1C[C@H](C(N)=O)C=C2c3cccc4[nH]c(Br)c(c34)C[C@H]21. The van der Waals surface area contributed by atoms with Crippen molar-refractivity contribution in [1.29, 1.82) is 0 Å². The molecule has 1 amide bonds. The lowest BCUT2D eigenvalue weighted by Gasteiger charge is -2.36. The molecule has 0 bridgehead atoms. The number of hydrogen-bond acceptors (Lipinski definition) is 1. The summed E-state index contributed by atoms with van der Waals surface area (Å²) in [5.74, 6) is -0.399. The number of rotatable bonds is 1. The molecule has 4 rings (SSSR count). The Bertz CT molecular complexity index is 792. The number of quaternary nitrogens is 1. The van der Waals surface area contributed by atoms with Crippen LogP contribution in [0.1, 0.15) is 11.1 Å². The molecule has 1 unspecified atom stereocenters. The van der Waals surface area contributed by atoms with Gasteiger partial charge in [0.05, 0.1) is 18.2 Å². The van der Waals surface area contributed by atoms with E-state index in [1.54, 1.807) is 0 Å². The largest absolute Gasteiger partial charge is 0.369 e. The van der Waals surface area contributed by atoms with Crippen LogP contribution in [0.15, 0.2) is 28.9 Å². The Hall–Kier alpha value is -1.59. The van der Waals surface area contributed by atoms with Gasteiger partial charge in [-0.05, 0) is 33.1 Å². The normalized spacial score (nSPS) is 27.3. The molecule has 4 nitrogen and oxygen atoms in total. The molecule has 1 aliphatic heterocycles. The van der Waals surface area contributed by atoms with Gasteiger partial charge in [0.1, 0.15) is 12.0 Å². The summed E-state index contributed by atoms with van der Waals surface area (Å²) in [5, 5.41) is 1.28. The zero-order valence-electron chi connectivity index (χ0n) is 11.7. The van der Waals surface area contributed by atoms with Crippen LogP contribution in [0.3, 0.4) is 0 Å². The van der Waals surface area contributed by atoms with Crippen LogP contribution in [0.4, 0.5) is 0 Å². The lowest BCUT2D eigenvalue weighted by molar-refractivity contribution is -0.900. The van der Waals surface area contributed by atoms with Gasteiger partial charge in [-0.15, -0.1) is 0 Å². The third kappa shape index (κ3) is 1.80. The van der Waals surface area contributed by atoms with Crippen LogP contribution in [0.25, 0.3) is 16.5 Å². The van der Waals surface area contributed by atoms with Crippen molar-refractivity contribution >= 4 is 38.3 Å². The van der Waals surface area contributed by atoms with E-state index in [4.69, 9.17) is 5.73 Å². The van der Waals surface area contributed by atoms with Crippen LogP contribution in [-0.4, -0.2) is 30.5 Å². The number of carbonyl (C=O) groups excluding carboxylic acids is 1. The summed E-state index contributed by atoms with van der Waals surface area (Å²) < 4.78 is 1.08. The molecular weight excluding hydrogens is 330 g/mol. The third-order valence-electron chi connectivity index (χ3n) is 4.85. The first-order valence-electron chi connectivity index (χ1n) is 7.19. The Morgan fingerprint density at radius 3 is 3.05 bits per heavy atom. The first kappa shape index (κ1) is 13.1. The minimum Gasteiger partial charge on any atom is -0.369 e. The maximum absolute atomic E-state index is 11.6. The van der Waals surface area contributed by atoms with E-state index in [1.165, 1.54) is 27.0 Å². The highest BCUT2D eigenvalue weighted by Gasteiger charge is 2.38. The molecule has 1 aliphatic carbocycles. The van der Waals surface area contributed by atoms with Crippen molar-refractivity contribution in [2.75, 3.05) is 13.6 Å². The molecular formula is C16H17BrN3O+. The second-order valence-corrected chi connectivity index (χ2v) is 6.88. The van der Waals surface area contributed by atoms with E-state index in [0.717, 1.165) is 23.1 Å². The van der Waals surface area contributed by atoms with E-state index in [9.17, 15) is 4.79 Å². The van der Waals surface area contributed by atoms with Crippen molar-refractivity contribution in [3.05, 3.63) is 40.0 Å². The summed E-state index contributed by atoms with van der Waals surface area (Å²) in [6.07, 6.45) is 3.08. The van der Waals surface area contributed by atoms with Gasteiger partial charge >= 0.3 is 0 Å². The summed E-state index contributed by atoms with van der Waals surface area (Å²) in [5.41, 5.74) is 10.5. The molecule has 108 valence electrons. The van der Waals surface area contributed by atoms with Crippen LogP contribution in [-0.2, 0) is 11.2 Å². The van der Waals surface area contributed by atoms with Crippen molar-refractivity contribution < 1.29 is 9.69 Å². The first-order valence-corrected chi connectivity index (χ1v) is 7.98. The maximum Gasteiger partial charge on any atom is 0.230 e.